The van der Waals surface area contributed by atoms with Crippen LogP contribution in [-0.4, -0.2) is 20.6 Å². The van der Waals surface area contributed by atoms with E-state index in [1.807, 2.05) is 36.4 Å². The second kappa shape index (κ2) is 7.84. The van der Waals surface area contributed by atoms with Crippen molar-refractivity contribution in [3.63, 3.8) is 0 Å². The Balaban J connectivity index is 2.04. The van der Waals surface area contributed by atoms with Crippen molar-refractivity contribution in [2.24, 2.45) is 0 Å². The minimum absolute atomic E-state index is 0.0137. The van der Waals surface area contributed by atoms with Gasteiger partial charge in [0.15, 0.2) is 11.0 Å². The average molecular weight is 370 g/mol. The fourth-order valence-corrected chi connectivity index (χ4v) is 2.89. The van der Waals surface area contributed by atoms with Gasteiger partial charge in [-0.2, -0.15) is 0 Å². The molecule has 0 saturated heterocycles. The van der Waals surface area contributed by atoms with Crippen LogP contribution in [-0.2, 0) is 17.9 Å². The summed E-state index contributed by atoms with van der Waals surface area (Å²) in [7, 11) is 0. The number of carboxylic acid groups (broad SMARTS) is 1. The van der Waals surface area contributed by atoms with Gasteiger partial charge in [-0.3, -0.25) is 14.2 Å². The zero-order valence-corrected chi connectivity index (χ0v) is 14.5. The van der Waals surface area contributed by atoms with E-state index in [2.05, 4.69) is 10.3 Å². The third kappa shape index (κ3) is 3.92. The molecule has 2 aromatic carbocycles. The number of carbonyl (C=O) groups is 1. The van der Waals surface area contributed by atoms with Crippen LogP contribution in [0.2, 0.25) is 5.15 Å². The van der Waals surface area contributed by atoms with E-state index >= 15 is 0 Å². The number of nitrogens with one attached hydrogen (secondary N) is 1. The molecule has 0 aliphatic rings. The molecule has 3 rings (SSSR count). The summed E-state index contributed by atoms with van der Waals surface area (Å²) < 4.78 is 1.13. The van der Waals surface area contributed by atoms with Gasteiger partial charge >= 0.3 is 5.97 Å². The fourth-order valence-electron chi connectivity index (χ4n) is 2.59. The van der Waals surface area contributed by atoms with Gasteiger partial charge in [0.2, 0.25) is 0 Å². The first-order valence-corrected chi connectivity index (χ1v) is 8.29. The molecule has 0 aliphatic heterocycles. The normalized spacial score (nSPS) is 10.5. The Kier molecular flexibility index (Phi) is 5.34. The number of hydrogen-bond acceptors (Lipinski definition) is 4. The van der Waals surface area contributed by atoms with E-state index in [0.717, 1.165) is 10.1 Å². The van der Waals surface area contributed by atoms with Gasteiger partial charge in [0, 0.05) is 12.1 Å². The van der Waals surface area contributed by atoms with Crippen molar-refractivity contribution in [1.29, 1.82) is 0 Å². The molecule has 0 unspecified atom stereocenters. The number of halogens is 1. The highest BCUT2D eigenvalue weighted by atomic mass is 35.5. The molecule has 2 N–H and O–H groups in total. The smallest absolute Gasteiger partial charge is 0.323 e. The van der Waals surface area contributed by atoms with E-state index < -0.39 is 18.1 Å². The molecule has 0 radical (unpaired) electrons. The summed E-state index contributed by atoms with van der Waals surface area (Å²) in [6.07, 6.45) is 0. The zero-order valence-electron chi connectivity index (χ0n) is 13.7. The number of carboxylic acids is 1. The van der Waals surface area contributed by atoms with Crippen molar-refractivity contribution in [1.82, 2.24) is 9.55 Å². The number of benzene rings is 2. The van der Waals surface area contributed by atoms with Gasteiger partial charge in [0.05, 0.1) is 5.69 Å². The minimum Gasteiger partial charge on any atom is -0.480 e. The number of nitrogens with zero attached hydrogens (tertiary/aromatic N) is 2. The van der Waals surface area contributed by atoms with Gasteiger partial charge < -0.3 is 10.4 Å². The molecule has 6 nitrogen and oxygen atoms in total. The Morgan fingerprint density at radius 2 is 1.69 bits per heavy atom. The van der Waals surface area contributed by atoms with Crippen LogP contribution >= 0.6 is 11.6 Å². The van der Waals surface area contributed by atoms with Crippen molar-refractivity contribution >= 4 is 23.4 Å². The van der Waals surface area contributed by atoms with Crippen molar-refractivity contribution in [2.45, 2.75) is 13.1 Å². The lowest BCUT2D eigenvalue weighted by Crippen LogP contribution is -2.29. The van der Waals surface area contributed by atoms with Gasteiger partial charge in [-0.05, 0) is 5.56 Å². The predicted octanol–water partition coefficient (Wildman–Crippen LogP) is 3.26. The molecule has 1 heterocycles. The van der Waals surface area contributed by atoms with Gasteiger partial charge in [-0.1, -0.05) is 72.3 Å². The molecule has 0 amide bonds. The highest BCUT2D eigenvalue weighted by Gasteiger charge is 2.18. The van der Waals surface area contributed by atoms with E-state index in [0.29, 0.717) is 12.1 Å². The lowest BCUT2D eigenvalue weighted by Gasteiger charge is -2.15. The first-order chi connectivity index (χ1) is 12.6. The molecule has 0 aliphatic carbocycles. The van der Waals surface area contributed by atoms with Gasteiger partial charge in [-0.25, -0.2) is 4.98 Å². The maximum atomic E-state index is 12.8. The minimum atomic E-state index is -1.14. The number of anilines is 1. The first kappa shape index (κ1) is 17.7. The van der Waals surface area contributed by atoms with E-state index in [1.165, 1.54) is 0 Å². The topological polar surface area (TPSA) is 84.2 Å². The zero-order chi connectivity index (χ0) is 18.5. The molecular formula is C19H16ClN3O3. The van der Waals surface area contributed by atoms with Crippen LogP contribution in [0.5, 0.6) is 0 Å². The molecule has 0 bridgehead atoms. The summed E-state index contributed by atoms with van der Waals surface area (Å²) in [5.41, 5.74) is 1.33. The standard InChI is InChI=1S/C19H16ClN3O3/c20-17-16(14-9-5-2-6-10-14)23(12-15(24)25)19(26)18(22-17)21-11-13-7-3-1-4-8-13/h1-10H,11-12H2,(H,21,22)(H,24,25). The van der Waals surface area contributed by atoms with Crippen molar-refractivity contribution < 1.29 is 9.90 Å². The number of rotatable bonds is 6. The quantitative estimate of drug-likeness (QED) is 0.696. The lowest BCUT2D eigenvalue weighted by molar-refractivity contribution is -0.137. The van der Waals surface area contributed by atoms with Gasteiger partial charge in [0.1, 0.15) is 6.54 Å². The number of hydrogen-bond donors (Lipinski definition) is 2. The van der Waals surface area contributed by atoms with Crippen LogP contribution in [0.3, 0.4) is 0 Å². The summed E-state index contributed by atoms with van der Waals surface area (Å²) >= 11 is 6.30. The van der Waals surface area contributed by atoms with Crippen LogP contribution in [0.25, 0.3) is 11.3 Å². The van der Waals surface area contributed by atoms with Crippen LogP contribution in [0, 0.1) is 0 Å². The molecule has 0 spiro atoms. The summed E-state index contributed by atoms with van der Waals surface area (Å²) in [5, 5.41) is 12.2. The molecule has 0 atom stereocenters. The SMILES string of the molecule is O=C(O)Cn1c(-c2ccccc2)c(Cl)nc(NCc2ccccc2)c1=O. The molecule has 0 saturated carbocycles. The van der Waals surface area contributed by atoms with E-state index in [1.54, 1.807) is 24.3 Å². The second-order valence-corrected chi connectivity index (χ2v) is 5.95. The highest BCUT2D eigenvalue weighted by Crippen LogP contribution is 2.26. The highest BCUT2D eigenvalue weighted by molar-refractivity contribution is 6.32. The third-order valence-corrected chi connectivity index (χ3v) is 4.03. The Labute approximate surface area is 154 Å². The van der Waals surface area contributed by atoms with Gasteiger partial charge in [-0.15, -0.1) is 0 Å². The fraction of sp³-hybridized carbons (Fsp3) is 0.105. The Bertz CT molecular complexity index is 973. The molecule has 3 aromatic rings. The van der Waals surface area contributed by atoms with Gasteiger partial charge in [0.25, 0.3) is 5.56 Å². The van der Waals surface area contributed by atoms with Crippen LogP contribution in [0.1, 0.15) is 5.56 Å². The van der Waals surface area contributed by atoms with Crippen molar-refractivity contribution in [3.8, 4) is 11.3 Å². The first-order valence-electron chi connectivity index (χ1n) is 7.91. The maximum absolute atomic E-state index is 12.8. The molecule has 7 heteroatoms. The third-order valence-electron chi connectivity index (χ3n) is 3.77. The summed E-state index contributed by atoms with van der Waals surface area (Å²) in [6, 6.07) is 18.4. The van der Waals surface area contributed by atoms with E-state index in [-0.39, 0.29) is 16.7 Å². The molecular weight excluding hydrogens is 354 g/mol. The lowest BCUT2D eigenvalue weighted by atomic mass is 10.1. The molecule has 26 heavy (non-hydrogen) atoms. The van der Waals surface area contributed by atoms with Crippen molar-refractivity contribution in [3.05, 3.63) is 81.7 Å². The Morgan fingerprint density at radius 1 is 1.08 bits per heavy atom. The molecule has 0 fully saturated rings. The maximum Gasteiger partial charge on any atom is 0.323 e. The largest absolute Gasteiger partial charge is 0.480 e. The average Bonchev–Trinajstić information content (AvgIpc) is 2.64. The van der Waals surface area contributed by atoms with E-state index in [4.69, 9.17) is 11.6 Å². The number of aliphatic carboxylic acids is 1. The molecule has 132 valence electrons. The number of aromatic nitrogens is 2. The van der Waals surface area contributed by atoms with Crippen LogP contribution in [0.15, 0.2) is 65.5 Å². The van der Waals surface area contributed by atoms with Crippen LogP contribution < -0.4 is 10.9 Å². The summed E-state index contributed by atoms with van der Waals surface area (Å²) in [4.78, 5) is 28.2. The Hall–Kier alpha value is -3.12. The summed E-state index contributed by atoms with van der Waals surface area (Å²) in [5.74, 6) is -1.12. The summed E-state index contributed by atoms with van der Waals surface area (Å²) in [6.45, 7) is -0.136. The Morgan fingerprint density at radius 3 is 2.31 bits per heavy atom. The monoisotopic (exact) mass is 369 g/mol. The second-order valence-electron chi connectivity index (χ2n) is 5.59. The van der Waals surface area contributed by atoms with Crippen molar-refractivity contribution in [2.75, 3.05) is 5.32 Å². The molecule has 1 aromatic heterocycles. The predicted molar refractivity (Wildman–Crippen MR) is 100 cm³/mol. The van der Waals surface area contributed by atoms with E-state index in [9.17, 15) is 14.7 Å². The van der Waals surface area contributed by atoms with Crippen LogP contribution in [0.4, 0.5) is 5.82 Å².